The molecule has 0 heterocycles. The summed E-state index contributed by atoms with van der Waals surface area (Å²) >= 11 is 0. The first-order valence-electron chi connectivity index (χ1n) is 5.80. The van der Waals surface area contributed by atoms with Gasteiger partial charge in [0.05, 0.1) is 6.54 Å². The molecule has 0 aliphatic carbocycles. The van der Waals surface area contributed by atoms with Crippen molar-refractivity contribution in [3.05, 3.63) is 0 Å². The van der Waals surface area contributed by atoms with E-state index in [1.165, 1.54) is 6.92 Å². The lowest BCUT2D eigenvalue weighted by atomic mass is 10.1. The number of hydrogen-bond acceptors (Lipinski definition) is 4. The Balaban J connectivity index is 4.12. The highest BCUT2D eigenvalue weighted by Gasteiger charge is 2.21. The molecule has 110 valence electrons. The molecule has 3 amide bonds. The number of rotatable bonds is 5. The van der Waals surface area contributed by atoms with Gasteiger partial charge in [-0.1, -0.05) is 0 Å². The van der Waals surface area contributed by atoms with E-state index in [1.807, 2.05) is 0 Å². The third kappa shape index (κ3) is 7.98. The summed E-state index contributed by atoms with van der Waals surface area (Å²) in [4.78, 5) is 33.3. The van der Waals surface area contributed by atoms with Crippen molar-refractivity contribution in [1.82, 2.24) is 16.0 Å². The van der Waals surface area contributed by atoms with E-state index in [0.717, 1.165) is 0 Å². The molecule has 19 heavy (non-hydrogen) atoms. The molecule has 8 nitrogen and oxygen atoms in total. The number of carboxylic acid groups (broad SMARTS) is 1. The van der Waals surface area contributed by atoms with E-state index in [1.54, 1.807) is 20.8 Å². The minimum Gasteiger partial charge on any atom is -0.479 e. The zero-order valence-electron chi connectivity index (χ0n) is 11.5. The second-order valence-electron chi connectivity index (χ2n) is 5.17. The number of carbonyl (C=O) groups excluding carboxylic acids is 2. The average molecular weight is 275 g/mol. The lowest BCUT2D eigenvalue weighted by Crippen LogP contribution is -2.53. The summed E-state index contributed by atoms with van der Waals surface area (Å²) in [6, 6.07) is -1.50. The molecule has 0 aromatic heterocycles. The summed E-state index contributed by atoms with van der Waals surface area (Å²) in [7, 11) is 0. The van der Waals surface area contributed by atoms with Crippen molar-refractivity contribution >= 4 is 17.9 Å². The summed E-state index contributed by atoms with van der Waals surface area (Å²) in [6.45, 7) is 6.48. The van der Waals surface area contributed by atoms with Crippen LogP contribution in [-0.2, 0) is 9.59 Å². The van der Waals surface area contributed by atoms with Crippen LogP contribution >= 0.6 is 0 Å². The summed E-state index contributed by atoms with van der Waals surface area (Å²) in [5.74, 6) is -1.79. The average Bonchev–Trinajstić information content (AvgIpc) is 2.23. The fourth-order valence-corrected chi connectivity index (χ4v) is 1.07. The highest BCUT2D eigenvalue weighted by molar-refractivity contribution is 5.87. The number of aliphatic carboxylic acids is 1. The van der Waals surface area contributed by atoms with Gasteiger partial charge in [-0.2, -0.15) is 0 Å². The minimum absolute atomic E-state index is 0.360. The second-order valence-corrected chi connectivity index (χ2v) is 5.17. The molecule has 0 saturated heterocycles. The first kappa shape index (κ1) is 17.2. The topological polar surface area (TPSA) is 128 Å². The Hall–Kier alpha value is -1.83. The molecule has 0 aliphatic heterocycles. The van der Waals surface area contributed by atoms with Gasteiger partial charge in [0.15, 0.2) is 6.10 Å². The zero-order chi connectivity index (χ0) is 15.2. The lowest BCUT2D eigenvalue weighted by molar-refractivity contribution is -0.146. The molecule has 0 aliphatic rings. The van der Waals surface area contributed by atoms with Crippen molar-refractivity contribution in [3.8, 4) is 0 Å². The van der Waals surface area contributed by atoms with Crippen LogP contribution in [0, 0.1) is 0 Å². The number of carbonyl (C=O) groups is 3. The van der Waals surface area contributed by atoms with Gasteiger partial charge >= 0.3 is 12.0 Å². The minimum atomic E-state index is -1.68. The Bertz CT molecular complexity index is 351. The maximum Gasteiger partial charge on any atom is 0.334 e. The van der Waals surface area contributed by atoms with Crippen LogP contribution in [0.5, 0.6) is 0 Å². The number of hydrogen-bond donors (Lipinski definition) is 5. The molecule has 5 N–H and O–H groups in total. The number of carboxylic acids is 1. The predicted molar refractivity (Wildman–Crippen MR) is 67.5 cm³/mol. The van der Waals surface area contributed by atoms with Gasteiger partial charge < -0.3 is 26.2 Å². The fraction of sp³-hybridized carbons (Fsp3) is 0.727. The maximum absolute atomic E-state index is 11.6. The van der Waals surface area contributed by atoms with Gasteiger partial charge in [0.1, 0.15) is 6.04 Å². The van der Waals surface area contributed by atoms with Crippen LogP contribution in [0.2, 0.25) is 0 Å². The fourth-order valence-electron chi connectivity index (χ4n) is 1.07. The number of amides is 3. The first-order chi connectivity index (χ1) is 8.53. The summed E-state index contributed by atoms with van der Waals surface area (Å²) < 4.78 is 0. The molecular formula is C11H21N3O5. The molecular weight excluding hydrogens is 254 g/mol. The number of aliphatic hydroxyl groups excluding tert-OH is 1. The molecule has 0 fully saturated rings. The molecule has 2 atom stereocenters. The largest absolute Gasteiger partial charge is 0.479 e. The maximum atomic E-state index is 11.6. The Morgan fingerprint density at radius 1 is 1.21 bits per heavy atom. The second kappa shape index (κ2) is 6.93. The van der Waals surface area contributed by atoms with Gasteiger partial charge in [0.25, 0.3) is 0 Å². The van der Waals surface area contributed by atoms with Gasteiger partial charge in [-0.05, 0) is 27.7 Å². The van der Waals surface area contributed by atoms with Crippen LogP contribution in [0.3, 0.4) is 0 Å². The standard InChI is InChI=1S/C11H21N3O5/c1-6(8(16)14-11(2,3)4)13-10(19)12-5-7(15)9(17)18/h6-7,15H,5H2,1-4H3,(H,14,16)(H,17,18)(H2,12,13,19). The van der Waals surface area contributed by atoms with Gasteiger partial charge in [-0.25, -0.2) is 9.59 Å². The first-order valence-corrected chi connectivity index (χ1v) is 5.80. The molecule has 0 aromatic rings. The van der Waals surface area contributed by atoms with Crippen LogP contribution < -0.4 is 16.0 Å². The lowest BCUT2D eigenvalue weighted by Gasteiger charge is -2.23. The number of nitrogens with one attached hydrogen (secondary N) is 3. The van der Waals surface area contributed by atoms with Crippen LogP contribution in [0.1, 0.15) is 27.7 Å². The van der Waals surface area contributed by atoms with E-state index in [0.29, 0.717) is 0 Å². The van der Waals surface area contributed by atoms with E-state index in [-0.39, 0.29) is 5.91 Å². The van der Waals surface area contributed by atoms with E-state index < -0.39 is 36.2 Å². The van der Waals surface area contributed by atoms with Crippen molar-refractivity contribution in [2.75, 3.05) is 6.54 Å². The Morgan fingerprint density at radius 2 is 1.74 bits per heavy atom. The predicted octanol–water partition coefficient (Wildman–Crippen LogP) is -0.966. The van der Waals surface area contributed by atoms with Gasteiger partial charge in [0, 0.05) is 5.54 Å². The van der Waals surface area contributed by atoms with Crippen LogP contribution in [-0.4, -0.2) is 52.4 Å². The van der Waals surface area contributed by atoms with Crippen molar-refractivity contribution in [3.63, 3.8) is 0 Å². The van der Waals surface area contributed by atoms with Crippen molar-refractivity contribution in [2.24, 2.45) is 0 Å². The summed E-state index contributed by atoms with van der Waals surface area (Å²) in [5.41, 5.74) is -0.414. The van der Waals surface area contributed by atoms with Crippen LogP contribution in [0.15, 0.2) is 0 Å². The quantitative estimate of drug-likeness (QED) is 0.441. The Morgan fingerprint density at radius 3 is 2.16 bits per heavy atom. The Labute approximate surface area is 111 Å². The number of urea groups is 1. The third-order valence-electron chi connectivity index (χ3n) is 1.98. The Kier molecular flexibility index (Phi) is 6.26. The van der Waals surface area contributed by atoms with E-state index >= 15 is 0 Å². The SMILES string of the molecule is CC(NC(=O)NCC(O)C(=O)O)C(=O)NC(C)(C)C. The molecule has 2 unspecified atom stereocenters. The normalized spacial score (nSPS) is 14.2. The molecule has 0 radical (unpaired) electrons. The van der Waals surface area contributed by atoms with Crippen molar-refractivity contribution < 1.29 is 24.6 Å². The molecule has 8 heteroatoms. The van der Waals surface area contributed by atoms with Crippen LogP contribution in [0.25, 0.3) is 0 Å². The third-order valence-corrected chi connectivity index (χ3v) is 1.98. The van der Waals surface area contributed by atoms with E-state index in [2.05, 4.69) is 16.0 Å². The van der Waals surface area contributed by atoms with Gasteiger partial charge in [0.2, 0.25) is 5.91 Å². The molecule has 0 saturated carbocycles. The van der Waals surface area contributed by atoms with E-state index in [4.69, 9.17) is 10.2 Å². The monoisotopic (exact) mass is 275 g/mol. The number of aliphatic hydroxyl groups is 1. The highest BCUT2D eigenvalue weighted by Crippen LogP contribution is 1.99. The summed E-state index contributed by atoms with van der Waals surface area (Å²) in [6.07, 6.45) is -1.68. The van der Waals surface area contributed by atoms with Gasteiger partial charge in [-0.15, -0.1) is 0 Å². The van der Waals surface area contributed by atoms with Crippen LogP contribution in [0.4, 0.5) is 4.79 Å². The van der Waals surface area contributed by atoms with Crippen molar-refractivity contribution in [2.45, 2.75) is 45.4 Å². The summed E-state index contributed by atoms with van der Waals surface area (Å²) in [5, 5.41) is 24.5. The highest BCUT2D eigenvalue weighted by atomic mass is 16.4. The van der Waals surface area contributed by atoms with E-state index in [9.17, 15) is 14.4 Å². The van der Waals surface area contributed by atoms with Gasteiger partial charge in [-0.3, -0.25) is 4.79 Å². The molecule has 0 bridgehead atoms. The molecule has 0 aromatic carbocycles. The zero-order valence-corrected chi connectivity index (χ0v) is 11.5. The smallest absolute Gasteiger partial charge is 0.334 e. The molecule has 0 rings (SSSR count). The van der Waals surface area contributed by atoms with Crippen molar-refractivity contribution in [1.29, 1.82) is 0 Å². The molecule has 0 spiro atoms.